The van der Waals surface area contributed by atoms with E-state index in [1.807, 2.05) is 0 Å². The molecule has 0 aliphatic heterocycles. The van der Waals surface area contributed by atoms with E-state index in [2.05, 4.69) is 5.43 Å². The van der Waals surface area contributed by atoms with Crippen LogP contribution in [0.5, 0.6) is 11.5 Å². The standard InChI is InChI=1S/C29H30F2N2O8/c1-29(2,3)41-28(37)33(15-25(34)35)32-26-18(7-6-8-20(26)27(36)39-5)16-40-19-11-9-17(10-12-19)21-13-22(30)23(31)14-24(21)38-4/h6-14,32H,15-16H2,1-5H3,(H,34,35). The van der Waals surface area contributed by atoms with Crippen LogP contribution in [0.2, 0.25) is 0 Å². The summed E-state index contributed by atoms with van der Waals surface area (Å²) in [5.41, 5.74) is 3.15. The number of hydrogen-bond donors (Lipinski definition) is 2. The number of carboxylic acids is 1. The van der Waals surface area contributed by atoms with Gasteiger partial charge in [0, 0.05) is 17.2 Å². The van der Waals surface area contributed by atoms with Gasteiger partial charge in [-0.1, -0.05) is 24.3 Å². The van der Waals surface area contributed by atoms with Crippen LogP contribution in [0.3, 0.4) is 0 Å². The molecular formula is C29H30F2N2O8. The predicted molar refractivity (Wildman–Crippen MR) is 145 cm³/mol. The molecule has 0 heterocycles. The Morgan fingerprint density at radius 2 is 1.63 bits per heavy atom. The normalized spacial score (nSPS) is 10.9. The third kappa shape index (κ3) is 8.07. The summed E-state index contributed by atoms with van der Waals surface area (Å²) in [6, 6.07) is 13.1. The van der Waals surface area contributed by atoms with Crippen molar-refractivity contribution < 1.29 is 47.2 Å². The Balaban J connectivity index is 1.89. The molecular weight excluding hydrogens is 542 g/mol. The number of carbonyl (C=O) groups is 3. The van der Waals surface area contributed by atoms with Crippen LogP contribution in [0, 0.1) is 11.6 Å². The van der Waals surface area contributed by atoms with Crippen LogP contribution in [-0.2, 0) is 20.9 Å². The molecule has 0 aliphatic carbocycles. The number of hydrazine groups is 1. The number of nitrogens with one attached hydrogen (secondary N) is 1. The zero-order chi connectivity index (χ0) is 30.3. The number of carboxylic acid groups (broad SMARTS) is 1. The maximum atomic E-state index is 13.9. The topological polar surface area (TPSA) is 124 Å². The highest BCUT2D eigenvalue weighted by Gasteiger charge is 2.27. The highest BCUT2D eigenvalue weighted by Crippen LogP contribution is 2.33. The summed E-state index contributed by atoms with van der Waals surface area (Å²) in [7, 11) is 2.53. The number of ether oxygens (including phenoxy) is 4. The number of rotatable bonds is 10. The monoisotopic (exact) mass is 572 g/mol. The van der Waals surface area contributed by atoms with Crippen LogP contribution in [-0.4, -0.2) is 54.5 Å². The average Bonchev–Trinajstić information content (AvgIpc) is 2.91. The van der Waals surface area contributed by atoms with Gasteiger partial charge in [0.05, 0.1) is 25.5 Å². The van der Waals surface area contributed by atoms with Crippen molar-refractivity contribution in [2.24, 2.45) is 0 Å². The fourth-order valence-corrected chi connectivity index (χ4v) is 3.68. The molecule has 0 aliphatic rings. The minimum absolute atomic E-state index is 0.0216. The van der Waals surface area contributed by atoms with Crippen LogP contribution in [0.1, 0.15) is 36.7 Å². The molecule has 1 amide bonds. The fraction of sp³-hybridized carbons (Fsp3) is 0.276. The number of benzene rings is 3. The van der Waals surface area contributed by atoms with Gasteiger partial charge in [-0.3, -0.25) is 10.2 Å². The van der Waals surface area contributed by atoms with Crippen LogP contribution in [0.4, 0.5) is 19.3 Å². The van der Waals surface area contributed by atoms with E-state index in [1.165, 1.54) is 20.3 Å². The Morgan fingerprint density at radius 3 is 2.22 bits per heavy atom. The number of esters is 1. The molecule has 3 aromatic carbocycles. The van der Waals surface area contributed by atoms with E-state index < -0.39 is 41.8 Å². The average molecular weight is 573 g/mol. The third-order valence-electron chi connectivity index (χ3n) is 5.51. The highest BCUT2D eigenvalue weighted by atomic mass is 19.2. The van der Waals surface area contributed by atoms with Crippen LogP contribution >= 0.6 is 0 Å². The smallest absolute Gasteiger partial charge is 0.429 e. The van der Waals surface area contributed by atoms with Gasteiger partial charge in [-0.2, -0.15) is 0 Å². The summed E-state index contributed by atoms with van der Waals surface area (Å²) >= 11 is 0. The van der Waals surface area contributed by atoms with E-state index in [4.69, 9.17) is 18.9 Å². The van der Waals surface area contributed by atoms with Gasteiger partial charge < -0.3 is 24.1 Å². The zero-order valence-electron chi connectivity index (χ0n) is 23.1. The first-order valence-corrected chi connectivity index (χ1v) is 12.3. The molecule has 0 spiro atoms. The van der Waals surface area contributed by atoms with Gasteiger partial charge in [-0.05, 0) is 50.6 Å². The van der Waals surface area contributed by atoms with Crippen LogP contribution in [0.25, 0.3) is 11.1 Å². The van der Waals surface area contributed by atoms with Crippen molar-refractivity contribution in [1.82, 2.24) is 5.01 Å². The van der Waals surface area contributed by atoms with E-state index in [-0.39, 0.29) is 23.6 Å². The summed E-state index contributed by atoms with van der Waals surface area (Å²) in [6.45, 7) is 3.98. The maximum Gasteiger partial charge on any atom is 0.429 e. The molecule has 0 saturated heterocycles. The Morgan fingerprint density at radius 1 is 0.976 bits per heavy atom. The molecule has 0 unspecified atom stereocenters. The van der Waals surface area contributed by atoms with E-state index in [1.54, 1.807) is 57.2 Å². The van der Waals surface area contributed by atoms with Crippen LogP contribution < -0.4 is 14.9 Å². The predicted octanol–water partition coefficient (Wildman–Crippen LogP) is 5.65. The number of amides is 1. The van der Waals surface area contributed by atoms with Gasteiger partial charge in [0.2, 0.25) is 0 Å². The minimum Gasteiger partial charge on any atom is -0.496 e. The number of halogens is 2. The first-order valence-electron chi connectivity index (χ1n) is 12.3. The number of anilines is 1. The van der Waals surface area contributed by atoms with Gasteiger partial charge in [0.1, 0.15) is 30.3 Å². The first kappa shape index (κ1) is 30.7. The first-order chi connectivity index (χ1) is 19.3. The molecule has 0 bridgehead atoms. The second-order valence-corrected chi connectivity index (χ2v) is 9.68. The molecule has 12 heteroatoms. The zero-order valence-corrected chi connectivity index (χ0v) is 23.1. The molecule has 0 atom stereocenters. The lowest BCUT2D eigenvalue weighted by Crippen LogP contribution is -2.43. The number of methoxy groups -OCH3 is 2. The number of carbonyl (C=O) groups excluding carboxylic acids is 2. The Bertz CT molecular complexity index is 1420. The van der Waals surface area contributed by atoms with Crippen molar-refractivity contribution in [3.63, 3.8) is 0 Å². The van der Waals surface area contributed by atoms with Crippen molar-refractivity contribution in [2.45, 2.75) is 33.0 Å². The lowest BCUT2D eigenvalue weighted by atomic mass is 10.0. The number of nitrogens with zero attached hydrogens (tertiary/aromatic N) is 1. The van der Waals surface area contributed by atoms with Gasteiger partial charge >= 0.3 is 18.0 Å². The van der Waals surface area contributed by atoms with Crippen molar-refractivity contribution >= 4 is 23.7 Å². The largest absolute Gasteiger partial charge is 0.496 e. The summed E-state index contributed by atoms with van der Waals surface area (Å²) in [5.74, 6) is -3.57. The van der Waals surface area contributed by atoms with Gasteiger partial charge in [-0.15, -0.1) is 0 Å². The summed E-state index contributed by atoms with van der Waals surface area (Å²) in [6.07, 6.45) is -0.977. The molecule has 3 rings (SSSR count). The molecule has 0 fully saturated rings. The molecule has 0 saturated carbocycles. The summed E-state index contributed by atoms with van der Waals surface area (Å²) in [4.78, 5) is 36.8. The SMILES string of the molecule is COC(=O)c1cccc(COc2ccc(-c3cc(F)c(F)cc3OC)cc2)c1NN(CC(=O)O)C(=O)OC(C)(C)C. The molecule has 41 heavy (non-hydrogen) atoms. The lowest BCUT2D eigenvalue weighted by Gasteiger charge is -2.28. The number of hydrogen-bond acceptors (Lipinski definition) is 8. The van der Waals surface area contributed by atoms with Gasteiger partial charge in [-0.25, -0.2) is 23.4 Å². The van der Waals surface area contributed by atoms with E-state index in [0.717, 1.165) is 17.1 Å². The second kappa shape index (κ2) is 13.0. The fourth-order valence-electron chi connectivity index (χ4n) is 3.68. The Labute approximate surface area is 235 Å². The lowest BCUT2D eigenvalue weighted by molar-refractivity contribution is -0.137. The summed E-state index contributed by atoms with van der Waals surface area (Å²) < 4.78 is 48.7. The van der Waals surface area contributed by atoms with Crippen LogP contribution in [0.15, 0.2) is 54.6 Å². The molecule has 0 radical (unpaired) electrons. The van der Waals surface area contributed by atoms with E-state index >= 15 is 0 Å². The van der Waals surface area contributed by atoms with Crippen molar-refractivity contribution in [1.29, 1.82) is 0 Å². The molecule has 218 valence electrons. The van der Waals surface area contributed by atoms with Gasteiger partial charge in [0.25, 0.3) is 0 Å². The quantitative estimate of drug-likeness (QED) is 0.234. The van der Waals surface area contributed by atoms with E-state index in [9.17, 15) is 28.3 Å². The highest BCUT2D eigenvalue weighted by molar-refractivity contribution is 5.96. The molecule has 0 aromatic heterocycles. The number of para-hydroxylation sites is 1. The maximum absolute atomic E-state index is 13.9. The van der Waals surface area contributed by atoms with Crippen molar-refractivity contribution in [3.05, 3.63) is 77.4 Å². The van der Waals surface area contributed by atoms with Gasteiger partial charge in [0.15, 0.2) is 11.6 Å². The second-order valence-electron chi connectivity index (χ2n) is 9.68. The Kier molecular flexibility index (Phi) is 9.72. The van der Waals surface area contributed by atoms with Crippen molar-refractivity contribution in [3.8, 4) is 22.6 Å². The summed E-state index contributed by atoms with van der Waals surface area (Å²) in [5, 5.41) is 10.1. The Hall–Kier alpha value is -4.87. The minimum atomic E-state index is -1.32. The van der Waals surface area contributed by atoms with Crippen molar-refractivity contribution in [2.75, 3.05) is 26.2 Å². The molecule has 10 nitrogen and oxygen atoms in total. The number of aliphatic carboxylic acids is 1. The molecule has 3 aromatic rings. The third-order valence-corrected chi connectivity index (χ3v) is 5.51. The van der Waals surface area contributed by atoms with E-state index in [0.29, 0.717) is 22.4 Å². The molecule has 2 N–H and O–H groups in total.